The van der Waals surface area contributed by atoms with Crippen LogP contribution in [0.3, 0.4) is 0 Å². The molecule has 0 saturated heterocycles. The monoisotopic (exact) mass is 422 g/mol. The van der Waals surface area contributed by atoms with Gasteiger partial charge in [0.2, 0.25) is 15.9 Å². The SMILES string of the molecule is CSc1ccc(CCNS(=O)(=O)c2ccc3c(c2)NC(=O)CC(C)S3)cc1. The molecule has 0 spiro atoms. The molecule has 144 valence electrons. The van der Waals surface area contributed by atoms with Crippen LogP contribution >= 0.6 is 23.5 Å². The molecule has 0 bridgehead atoms. The molecule has 0 saturated carbocycles. The smallest absolute Gasteiger partial charge is 0.240 e. The summed E-state index contributed by atoms with van der Waals surface area (Å²) in [6, 6.07) is 13.0. The van der Waals surface area contributed by atoms with Crippen LogP contribution in [0.1, 0.15) is 18.9 Å². The maximum absolute atomic E-state index is 12.6. The molecule has 8 heteroatoms. The van der Waals surface area contributed by atoms with E-state index < -0.39 is 10.0 Å². The van der Waals surface area contributed by atoms with Gasteiger partial charge in [0, 0.05) is 28.0 Å². The summed E-state index contributed by atoms with van der Waals surface area (Å²) in [5.41, 5.74) is 1.64. The van der Waals surface area contributed by atoms with E-state index in [1.54, 1.807) is 35.7 Å². The Labute approximate surface area is 168 Å². The molecule has 1 heterocycles. The number of thioether (sulfide) groups is 2. The van der Waals surface area contributed by atoms with Crippen LogP contribution in [0.25, 0.3) is 0 Å². The van der Waals surface area contributed by atoms with E-state index in [1.807, 2.05) is 37.4 Å². The molecular weight excluding hydrogens is 400 g/mol. The van der Waals surface area contributed by atoms with E-state index >= 15 is 0 Å². The van der Waals surface area contributed by atoms with Crippen LogP contribution in [-0.4, -0.2) is 32.4 Å². The van der Waals surface area contributed by atoms with Crippen molar-refractivity contribution in [1.82, 2.24) is 4.72 Å². The van der Waals surface area contributed by atoms with Crippen molar-refractivity contribution in [2.75, 3.05) is 18.1 Å². The van der Waals surface area contributed by atoms with E-state index in [1.165, 1.54) is 11.0 Å². The fourth-order valence-corrected chi connectivity index (χ4v) is 5.32. The van der Waals surface area contributed by atoms with Gasteiger partial charge >= 0.3 is 0 Å². The van der Waals surface area contributed by atoms with Gasteiger partial charge in [-0.25, -0.2) is 13.1 Å². The standard InChI is InChI=1S/C19H22N2O3S3/c1-13-11-19(22)21-17-12-16(7-8-18(17)26-13)27(23,24)20-10-9-14-3-5-15(25-2)6-4-14/h3-8,12-13,20H,9-11H2,1-2H3,(H,21,22). The molecule has 3 rings (SSSR count). The highest BCUT2D eigenvalue weighted by molar-refractivity contribution is 8.00. The van der Waals surface area contributed by atoms with Gasteiger partial charge < -0.3 is 5.32 Å². The normalized spacial score (nSPS) is 17.1. The number of rotatable bonds is 6. The second-order valence-electron chi connectivity index (χ2n) is 6.33. The van der Waals surface area contributed by atoms with Crippen molar-refractivity contribution in [3.63, 3.8) is 0 Å². The molecule has 1 atom stereocenters. The maximum Gasteiger partial charge on any atom is 0.240 e. The Kier molecular flexibility index (Phi) is 6.52. The average molecular weight is 423 g/mol. The molecular formula is C19H22N2O3S3. The molecule has 1 unspecified atom stereocenters. The summed E-state index contributed by atoms with van der Waals surface area (Å²) >= 11 is 3.25. The predicted octanol–water partition coefficient (Wildman–Crippen LogP) is 3.75. The summed E-state index contributed by atoms with van der Waals surface area (Å²) < 4.78 is 27.9. The van der Waals surface area contributed by atoms with E-state index in [4.69, 9.17) is 0 Å². The average Bonchev–Trinajstić information content (AvgIpc) is 2.77. The Morgan fingerprint density at radius 1 is 1.22 bits per heavy atom. The highest BCUT2D eigenvalue weighted by Crippen LogP contribution is 2.36. The van der Waals surface area contributed by atoms with E-state index in [0.29, 0.717) is 25.1 Å². The first-order chi connectivity index (χ1) is 12.9. The fourth-order valence-electron chi connectivity index (χ4n) is 2.80. The highest BCUT2D eigenvalue weighted by atomic mass is 32.2. The maximum atomic E-state index is 12.6. The van der Waals surface area contributed by atoms with Crippen molar-refractivity contribution < 1.29 is 13.2 Å². The third-order valence-corrected chi connectivity index (χ3v) is 7.58. The number of hydrogen-bond acceptors (Lipinski definition) is 5. The summed E-state index contributed by atoms with van der Waals surface area (Å²) in [5.74, 6) is -0.0926. The number of carbonyl (C=O) groups excluding carboxylic acids is 1. The largest absolute Gasteiger partial charge is 0.325 e. The Morgan fingerprint density at radius 2 is 1.96 bits per heavy atom. The number of carbonyl (C=O) groups is 1. The third kappa shape index (κ3) is 5.28. The Morgan fingerprint density at radius 3 is 2.67 bits per heavy atom. The van der Waals surface area contributed by atoms with Crippen LogP contribution in [0.2, 0.25) is 0 Å². The lowest BCUT2D eigenvalue weighted by atomic mass is 10.2. The number of nitrogens with one attached hydrogen (secondary N) is 2. The zero-order chi connectivity index (χ0) is 19.4. The molecule has 2 aromatic carbocycles. The molecule has 5 nitrogen and oxygen atoms in total. The van der Waals surface area contributed by atoms with Crippen molar-refractivity contribution >= 4 is 45.1 Å². The van der Waals surface area contributed by atoms with E-state index in [9.17, 15) is 13.2 Å². The van der Waals surface area contributed by atoms with Crippen LogP contribution < -0.4 is 10.0 Å². The van der Waals surface area contributed by atoms with Crippen molar-refractivity contribution in [3.05, 3.63) is 48.0 Å². The van der Waals surface area contributed by atoms with Gasteiger partial charge in [-0.05, 0) is 48.6 Å². The molecule has 1 amide bonds. The minimum absolute atomic E-state index is 0.0926. The van der Waals surface area contributed by atoms with Gasteiger partial charge in [0.25, 0.3) is 0 Å². The molecule has 0 aromatic heterocycles. The summed E-state index contributed by atoms with van der Waals surface area (Å²) in [5, 5.41) is 2.96. The summed E-state index contributed by atoms with van der Waals surface area (Å²) in [7, 11) is -3.63. The molecule has 0 radical (unpaired) electrons. The highest BCUT2D eigenvalue weighted by Gasteiger charge is 2.22. The molecule has 1 aliphatic rings. The molecule has 0 fully saturated rings. The van der Waals surface area contributed by atoms with Crippen LogP contribution in [-0.2, 0) is 21.2 Å². The first-order valence-electron chi connectivity index (χ1n) is 8.60. The van der Waals surface area contributed by atoms with Crippen molar-refractivity contribution in [2.45, 2.75) is 39.7 Å². The Balaban J connectivity index is 1.68. The molecule has 1 aliphatic heterocycles. The van der Waals surface area contributed by atoms with Gasteiger partial charge in [-0.3, -0.25) is 4.79 Å². The van der Waals surface area contributed by atoms with Crippen molar-refractivity contribution in [3.8, 4) is 0 Å². The van der Waals surface area contributed by atoms with Gasteiger partial charge in [0.1, 0.15) is 0 Å². The lowest BCUT2D eigenvalue weighted by Gasteiger charge is -2.11. The second-order valence-corrected chi connectivity index (χ2v) is 10.5. The van der Waals surface area contributed by atoms with Crippen LogP contribution in [0.4, 0.5) is 5.69 Å². The molecule has 2 N–H and O–H groups in total. The predicted molar refractivity (Wildman–Crippen MR) is 112 cm³/mol. The lowest BCUT2D eigenvalue weighted by molar-refractivity contribution is -0.116. The number of hydrogen-bond donors (Lipinski definition) is 2. The van der Waals surface area contributed by atoms with E-state index in [2.05, 4.69) is 10.0 Å². The number of sulfonamides is 1. The lowest BCUT2D eigenvalue weighted by Crippen LogP contribution is -2.26. The van der Waals surface area contributed by atoms with Crippen molar-refractivity contribution in [1.29, 1.82) is 0 Å². The number of amides is 1. The third-order valence-electron chi connectivity index (χ3n) is 4.20. The van der Waals surface area contributed by atoms with Gasteiger partial charge in [-0.1, -0.05) is 19.1 Å². The quantitative estimate of drug-likeness (QED) is 0.694. The first kappa shape index (κ1) is 20.3. The van der Waals surface area contributed by atoms with Crippen LogP contribution in [0, 0.1) is 0 Å². The minimum Gasteiger partial charge on any atom is -0.325 e. The summed E-state index contributed by atoms with van der Waals surface area (Å²) in [4.78, 5) is 14.1. The van der Waals surface area contributed by atoms with Gasteiger partial charge in [-0.15, -0.1) is 23.5 Å². The molecule has 2 aromatic rings. The summed E-state index contributed by atoms with van der Waals surface area (Å²) in [6.07, 6.45) is 3.04. The zero-order valence-corrected chi connectivity index (χ0v) is 17.6. The van der Waals surface area contributed by atoms with E-state index in [-0.39, 0.29) is 16.1 Å². The van der Waals surface area contributed by atoms with Crippen LogP contribution in [0.15, 0.2) is 57.2 Å². The number of anilines is 1. The topological polar surface area (TPSA) is 75.3 Å². The Hall–Kier alpha value is -1.48. The Bertz CT molecular complexity index is 928. The van der Waals surface area contributed by atoms with Gasteiger partial charge in [-0.2, -0.15) is 0 Å². The molecule has 27 heavy (non-hydrogen) atoms. The second kappa shape index (κ2) is 8.68. The first-order valence-corrected chi connectivity index (χ1v) is 12.2. The van der Waals surface area contributed by atoms with E-state index in [0.717, 1.165) is 10.5 Å². The summed E-state index contributed by atoms with van der Waals surface area (Å²) in [6.45, 7) is 2.30. The van der Waals surface area contributed by atoms with Crippen LogP contribution in [0.5, 0.6) is 0 Å². The zero-order valence-electron chi connectivity index (χ0n) is 15.2. The molecule has 0 aliphatic carbocycles. The number of fused-ring (bicyclic) bond motifs is 1. The van der Waals surface area contributed by atoms with Gasteiger partial charge in [0.15, 0.2) is 0 Å². The fraction of sp³-hybridized carbons (Fsp3) is 0.316. The minimum atomic E-state index is -3.63. The van der Waals surface area contributed by atoms with Gasteiger partial charge in [0.05, 0.1) is 10.6 Å². The van der Waals surface area contributed by atoms with Crippen molar-refractivity contribution in [2.24, 2.45) is 0 Å². The number of benzene rings is 2.